The van der Waals surface area contributed by atoms with Gasteiger partial charge < -0.3 is 9.42 Å². The molecule has 1 aliphatic rings. The molecule has 0 N–H and O–H groups in total. The Bertz CT molecular complexity index is 761. The molecule has 0 aromatic carbocycles. The van der Waals surface area contributed by atoms with Crippen molar-refractivity contribution in [1.82, 2.24) is 20.0 Å². The van der Waals surface area contributed by atoms with Crippen LogP contribution in [0.4, 0.5) is 0 Å². The van der Waals surface area contributed by atoms with Crippen LogP contribution in [0.2, 0.25) is 0 Å². The van der Waals surface area contributed by atoms with Gasteiger partial charge in [0, 0.05) is 24.2 Å². The normalized spacial score (nSPS) is 18.2. The molecule has 0 unspecified atom stereocenters. The number of carbonyl (C=O) groups excluding carboxylic acids is 1. The maximum Gasteiger partial charge on any atom is 0.228 e. The summed E-state index contributed by atoms with van der Waals surface area (Å²) in [4.78, 5) is 23.8. The summed E-state index contributed by atoms with van der Waals surface area (Å²) in [6.45, 7) is 10.4. The first-order chi connectivity index (χ1) is 11.3. The Kier molecular flexibility index (Phi) is 4.15. The number of carbonyl (C=O) groups is 1. The minimum absolute atomic E-state index is 0.0427. The van der Waals surface area contributed by atoms with Gasteiger partial charge in [0.2, 0.25) is 5.91 Å². The van der Waals surface area contributed by atoms with Gasteiger partial charge in [-0.3, -0.25) is 4.79 Å². The minimum atomic E-state index is -0.409. The van der Waals surface area contributed by atoms with E-state index < -0.39 is 5.41 Å². The van der Waals surface area contributed by atoms with Crippen molar-refractivity contribution < 1.29 is 9.32 Å². The third-order valence-electron chi connectivity index (χ3n) is 4.30. The summed E-state index contributed by atoms with van der Waals surface area (Å²) >= 11 is 0. The van der Waals surface area contributed by atoms with E-state index in [4.69, 9.17) is 4.52 Å². The summed E-state index contributed by atoms with van der Waals surface area (Å²) in [5, 5.41) is 3.97. The van der Waals surface area contributed by atoms with Gasteiger partial charge in [-0.1, -0.05) is 25.9 Å². The van der Waals surface area contributed by atoms with E-state index in [1.165, 1.54) is 0 Å². The number of nitrogens with zero attached hydrogens (tertiary/aromatic N) is 4. The first kappa shape index (κ1) is 16.6. The first-order valence-electron chi connectivity index (χ1n) is 8.35. The van der Waals surface area contributed by atoms with Crippen molar-refractivity contribution in [2.75, 3.05) is 6.54 Å². The van der Waals surface area contributed by atoms with Gasteiger partial charge in [-0.2, -0.15) is 0 Å². The van der Waals surface area contributed by atoms with Crippen LogP contribution in [0.25, 0.3) is 11.3 Å². The molecule has 0 aliphatic carbocycles. The quantitative estimate of drug-likeness (QED) is 0.844. The molecular weight excluding hydrogens is 304 g/mol. The third kappa shape index (κ3) is 3.05. The Morgan fingerprint density at radius 2 is 2.08 bits per heavy atom. The van der Waals surface area contributed by atoms with E-state index in [0.717, 1.165) is 36.3 Å². The van der Waals surface area contributed by atoms with Gasteiger partial charge in [0.15, 0.2) is 5.76 Å². The van der Waals surface area contributed by atoms with Crippen LogP contribution in [-0.2, 0) is 4.79 Å². The first-order valence-corrected chi connectivity index (χ1v) is 8.35. The van der Waals surface area contributed by atoms with Crippen molar-refractivity contribution in [1.29, 1.82) is 0 Å². The molecular formula is C18H24N4O2. The maximum absolute atomic E-state index is 12.8. The Balaban J connectivity index is 2.05. The van der Waals surface area contributed by atoms with Crippen LogP contribution in [0.15, 0.2) is 16.8 Å². The van der Waals surface area contributed by atoms with Crippen LogP contribution >= 0.6 is 0 Å². The summed E-state index contributed by atoms with van der Waals surface area (Å²) in [6, 6.07) is 1.83. The molecule has 2 aromatic rings. The second-order valence-corrected chi connectivity index (χ2v) is 7.46. The zero-order valence-corrected chi connectivity index (χ0v) is 15.0. The zero-order chi connectivity index (χ0) is 17.5. The Morgan fingerprint density at radius 3 is 2.71 bits per heavy atom. The Labute approximate surface area is 142 Å². The Morgan fingerprint density at radius 1 is 1.33 bits per heavy atom. The summed E-state index contributed by atoms with van der Waals surface area (Å²) in [5.74, 6) is 1.50. The number of rotatable bonds is 2. The molecule has 128 valence electrons. The fourth-order valence-corrected chi connectivity index (χ4v) is 3.15. The van der Waals surface area contributed by atoms with Crippen molar-refractivity contribution in [3.05, 3.63) is 29.5 Å². The number of hydrogen-bond acceptors (Lipinski definition) is 5. The van der Waals surface area contributed by atoms with Crippen molar-refractivity contribution in [3.63, 3.8) is 0 Å². The molecule has 1 fully saturated rings. The number of amides is 1. The molecule has 1 atom stereocenters. The molecule has 1 saturated heterocycles. The van der Waals surface area contributed by atoms with Gasteiger partial charge in [0.05, 0.1) is 23.0 Å². The topological polar surface area (TPSA) is 72.1 Å². The molecule has 6 heteroatoms. The smallest absolute Gasteiger partial charge is 0.228 e. The van der Waals surface area contributed by atoms with Crippen molar-refractivity contribution in [3.8, 4) is 11.3 Å². The second-order valence-electron chi connectivity index (χ2n) is 7.46. The Hall–Kier alpha value is -2.24. The highest BCUT2D eigenvalue weighted by atomic mass is 16.5. The summed E-state index contributed by atoms with van der Waals surface area (Å²) in [7, 11) is 0. The van der Waals surface area contributed by atoms with E-state index in [9.17, 15) is 4.79 Å². The predicted octanol–water partition coefficient (Wildman–Crippen LogP) is 3.46. The zero-order valence-electron chi connectivity index (χ0n) is 15.0. The highest BCUT2D eigenvalue weighted by Gasteiger charge is 2.37. The van der Waals surface area contributed by atoms with E-state index in [2.05, 4.69) is 15.1 Å². The van der Waals surface area contributed by atoms with E-state index >= 15 is 0 Å². The molecule has 3 heterocycles. The molecule has 24 heavy (non-hydrogen) atoms. The highest BCUT2D eigenvalue weighted by Crippen LogP contribution is 2.38. The molecule has 6 nitrogen and oxygen atoms in total. The highest BCUT2D eigenvalue weighted by molar-refractivity contribution is 5.82. The lowest BCUT2D eigenvalue weighted by Gasteiger charge is -2.31. The van der Waals surface area contributed by atoms with Crippen LogP contribution in [0.5, 0.6) is 0 Å². The molecule has 0 spiro atoms. The molecule has 0 radical (unpaired) electrons. The van der Waals surface area contributed by atoms with Gasteiger partial charge in [0.1, 0.15) is 5.82 Å². The average molecular weight is 328 g/mol. The summed E-state index contributed by atoms with van der Waals surface area (Å²) < 4.78 is 5.42. The summed E-state index contributed by atoms with van der Waals surface area (Å²) in [6.07, 6.45) is 3.65. The van der Waals surface area contributed by atoms with Crippen molar-refractivity contribution >= 4 is 5.91 Å². The van der Waals surface area contributed by atoms with Crippen LogP contribution in [-0.4, -0.2) is 32.5 Å². The SMILES string of the molecule is Cc1cc(-c2cnc(C)nc2[C@@H]2CCCN2C(=O)C(C)(C)C)on1. The fourth-order valence-electron chi connectivity index (χ4n) is 3.15. The van der Waals surface area contributed by atoms with Crippen molar-refractivity contribution in [2.45, 2.75) is 53.5 Å². The molecule has 2 aromatic heterocycles. The minimum Gasteiger partial charge on any atom is -0.356 e. The van der Waals surface area contributed by atoms with Crippen LogP contribution in [0.1, 0.15) is 56.9 Å². The summed E-state index contributed by atoms with van der Waals surface area (Å²) in [5.41, 5.74) is 2.08. The molecule has 3 rings (SSSR count). The molecule has 1 amide bonds. The molecule has 0 saturated carbocycles. The van der Waals surface area contributed by atoms with Crippen LogP contribution in [0, 0.1) is 19.3 Å². The van der Waals surface area contributed by atoms with Crippen molar-refractivity contribution in [2.24, 2.45) is 5.41 Å². The van der Waals surface area contributed by atoms with Gasteiger partial charge in [-0.15, -0.1) is 0 Å². The fraction of sp³-hybridized carbons (Fsp3) is 0.556. The standard InChI is InChI=1S/C18H24N4O2/c1-11-9-15(24-21-11)13-10-19-12(2)20-16(13)14-7-6-8-22(14)17(23)18(3,4)5/h9-10,14H,6-8H2,1-5H3/t14-/m0/s1. The average Bonchev–Trinajstić information content (AvgIpc) is 3.14. The number of likely N-dealkylation sites (tertiary alicyclic amines) is 1. The van der Waals surface area contributed by atoms with E-state index in [-0.39, 0.29) is 11.9 Å². The van der Waals surface area contributed by atoms with Gasteiger partial charge in [0.25, 0.3) is 0 Å². The lowest BCUT2D eigenvalue weighted by atomic mass is 9.93. The second kappa shape index (κ2) is 6.00. The monoisotopic (exact) mass is 328 g/mol. The van der Waals surface area contributed by atoms with Gasteiger partial charge in [-0.05, 0) is 26.7 Å². The number of aromatic nitrogens is 3. The lowest BCUT2D eigenvalue weighted by Crippen LogP contribution is -2.39. The molecule has 1 aliphatic heterocycles. The van der Waals surface area contributed by atoms with E-state index in [1.54, 1.807) is 6.20 Å². The largest absolute Gasteiger partial charge is 0.356 e. The van der Waals surface area contributed by atoms with E-state index in [0.29, 0.717) is 11.6 Å². The van der Waals surface area contributed by atoms with Gasteiger partial charge in [-0.25, -0.2) is 9.97 Å². The van der Waals surface area contributed by atoms with Crippen LogP contribution in [0.3, 0.4) is 0 Å². The predicted molar refractivity (Wildman–Crippen MR) is 90.1 cm³/mol. The van der Waals surface area contributed by atoms with Crippen LogP contribution < -0.4 is 0 Å². The number of aryl methyl sites for hydroxylation is 2. The third-order valence-corrected chi connectivity index (χ3v) is 4.30. The lowest BCUT2D eigenvalue weighted by molar-refractivity contribution is -0.140. The van der Waals surface area contributed by atoms with Gasteiger partial charge >= 0.3 is 0 Å². The maximum atomic E-state index is 12.8. The molecule has 0 bridgehead atoms. The number of hydrogen-bond donors (Lipinski definition) is 0. The van der Waals surface area contributed by atoms with E-state index in [1.807, 2.05) is 45.6 Å².